The number of hydrogen-bond donors (Lipinski definition) is 2. The van der Waals surface area contributed by atoms with Crippen molar-refractivity contribution in [3.63, 3.8) is 0 Å². The molecule has 1 atom stereocenters. The molecule has 128 valence electrons. The van der Waals surface area contributed by atoms with Crippen molar-refractivity contribution < 1.29 is 18.7 Å². The normalized spacial score (nSPS) is 18.2. The predicted molar refractivity (Wildman–Crippen MR) is 86.0 cm³/mol. The summed E-state index contributed by atoms with van der Waals surface area (Å²) in [7, 11) is 1.57. The van der Waals surface area contributed by atoms with Gasteiger partial charge < -0.3 is 20.1 Å². The van der Waals surface area contributed by atoms with Crippen LogP contribution >= 0.6 is 0 Å². The van der Waals surface area contributed by atoms with Gasteiger partial charge in [-0.15, -0.1) is 0 Å². The molecule has 1 heterocycles. The average Bonchev–Trinajstić information content (AvgIpc) is 2.58. The molecule has 23 heavy (non-hydrogen) atoms. The van der Waals surface area contributed by atoms with Crippen LogP contribution in [-0.4, -0.2) is 44.4 Å². The standard InChI is InChI=1S/C17H25FN2O3/c1-3-14(23-15-6-4-5-13(18)11-15)12-20-16(21)17(22-2)7-9-19-10-8-17/h4-6,11,14,19H,3,7-10,12H2,1-2H3,(H,20,21). The van der Waals surface area contributed by atoms with Crippen molar-refractivity contribution in [2.45, 2.75) is 37.9 Å². The fourth-order valence-corrected chi connectivity index (χ4v) is 2.72. The number of benzene rings is 1. The van der Waals surface area contributed by atoms with Gasteiger partial charge in [0.25, 0.3) is 5.91 Å². The summed E-state index contributed by atoms with van der Waals surface area (Å²) < 4.78 is 24.4. The number of rotatable bonds is 7. The first-order chi connectivity index (χ1) is 11.1. The highest BCUT2D eigenvalue weighted by atomic mass is 19.1. The molecule has 1 aliphatic heterocycles. The van der Waals surface area contributed by atoms with Crippen molar-refractivity contribution in [3.05, 3.63) is 30.1 Å². The van der Waals surface area contributed by atoms with Crippen molar-refractivity contribution in [2.24, 2.45) is 0 Å². The third-order valence-corrected chi connectivity index (χ3v) is 4.26. The van der Waals surface area contributed by atoms with E-state index in [0.717, 1.165) is 13.1 Å². The van der Waals surface area contributed by atoms with E-state index >= 15 is 0 Å². The molecule has 0 bridgehead atoms. The Morgan fingerprint density at radius 2 is 2.17 bits per heavy atom. The Labute approximate surface area is 136 Å². The lowest BCUT2D eigenvalue weighted by Crippen LogP contribution is -2.55. The number of amides is 1. The number of nitrogens with one attached hydrogen (secondary N) is 2. The first-order valence-corrected chi connectivity index (χ1v) is 8.06. The van der Waals surface area contributed by atoms with Crippen molar-refractivity contribution >= 4 is 5.91 Å². The van der Waals surface area contributed by atoms with E-state index in [1.165, 1.54) is 12.1 Å². The van der Waals surface area contributed by atoms with E-state index in [2.05, 4.69) is 10.6 Å². The van der Waals surface area contributed by atoms with E-state index in [1.807, 2.05) is 6.92 Å². The van der Waals surface area contributed by atoms with Gasteiger partial charge >= 0.3 is 0 Å². The molecular weight excluding hydrogens is 299 g/mol. The van der Waals surface area contributed by atoms with Crippen molar-refractivity contribution in [1.82, 2.24) is 10.6 Å². The van der Waals surface area contributed by atoms with E-state index in [9.17, 15) is 9.18 Å². The lowest BCUT2D eigenvalue weighted by molar-refractivity contribution is -0.147. The summed E-state index contributed by atoms with van der Waals surface area (Å²) in [6.07, 6.45) is 1.79. The number of ether oxygens (including phenoxy) is 2. The van der Waals surface area contributed by atoms with Crippen LogP contribution in [0.1, 0.15) is 26.2 Å². The molecule has 5 nitrogen and oxygen atoms in total. The lowest BCUT2D eigenvalue weighted by atomic mass is 9.91. The smallest absolute Gasteiger partial charge is 0.252 e. The van der Waals surface area contributed by atoms with Crippen LogP contribution in [0.5, 0.6) is 5.75 Å². The number of carbonyl (C=O) groups excluding carboxylic acids is 1. The van der Waals surface area contributed by atoms with E-state index in [1.54, 1.807) is 19.2 Å². The van der Waals surface area contributed by atoms with Crippen LogP contribution < -0.4 is 15.4 Å². The molecule has 1 aromatic rings. The van der Waals surface area contributed by atoms with Crippen molar-refractivity contribution in [1.29, 1.82) is 0 Å². The van der Waals surface area contributed by atoms with E-state index in [-0.39, 0.29) is 17.8 Å². The van der Waals surface area contributed by atoms with Crippen LogP contribution in [-0.2, 0) is 9.53 Å². The summed E-state index contributed by atoms with van der Waals surface area (Å²) in [6.45, 7) is 3.85. The van der Waals surface area contributed by atoms with Crippen LogP contribution in [0.25, 0.3) is 0 Å². The van der Waals surface area contributed by atoms with Gasteiger partial charge in [-0.1, -0.05) is 13.0 Å². The SMILES string of the molecule is CCC(CNC(=O)C1(OC)CCNCC1)Oc1cccc(F)c1. The van der Waals surface area contributed by atoms with Gasteiger partial charge in [-0.2, -0.15) is 0 Å². The summed E-state index contributed by atoms with van der Waals surface area (Å²) in [5, 5.41) is 6.14. The average molecular weight is 324 g/mol. The molecule has 0 spiro atoms. The van der Waals surface area contributed by atoms with Crippen LogP contribution in [0.15, 0.2) is 24.3 Å². The van der Waals surface area contributed by atoms with Crippen LogP contribution in [0.3, 0.4) is 0 Å². The predicted octanol–water partition coefficient (Wildman–Crippen LogP) is 1.87. The molecule has 0 saturated carbocycles. The van der Waals surface area contributed by atoms with Gasteiger partial charge in [0.05, 0.1) is 6.54 Å². The van der Waals surface area contributed by atoms with Crippen molar-refractivity contribution in [2.75, 3.05) is 26.7 Å². The number of halogens is 1. The summed E-state index contributed by atoms with van der Waals surface area (Å²) in [6, 6.07) is 6.02. The lowest BCUT2D eigenvalue weighted by Gasteiger charge is -2.35. The first-order valence-electron chi connectivity index (χ1n) is 8.06. The molecule has 1 aliphatic rings. The molecular formula is C17H25FN2O3. The quantitative estimate of drug-likeness (QED) is 0.804. The van der Waals surface area contributed by atoms with Crippen LogP contribution in [0, 0.1) is 5.82 Å². The highest BCUT2D eigenvalue weighted by Crippen LogP contribution is 2.22. The zero-order valence-corrected chi connectivity index (χ0v) is 13.7. The van der Waals surface area contributed by atoms with Gasteiger partial charge in [-0.25, -0.2) is 4.39 Å². The maximum atomic E-state index is 13.2. The van der Waals surface area contributed by atoms with Crippen LogP contribution in [0.2, 0.25) is 0 Å². The Balaban J connectivity index is 1.90. The fourth-order valence-electron chi connectivity index (χ4n) is 2.72. The Morgan fingerprint density at radius 3 is 2.78 bits per heavy atom. The highest BCUT2D eigenvalue weighted by molar-refractivity contribution is 5.85. The second kappa shape index (κ2) is 8.26. The molecule has 1 aromatic carbocycles. The Hall–Kier alpha value is -1.66. The van der Waals surface area contributed by atoms with Gasteiger partial charge in [-0.3, -0.25) is 4.79 Å². The molecule has 1 unspecified atom stereocenters. The van der Waals surface area contributed by atoms with Gasteiger partial charge in [0.1, 0.15) is 23.3 Å². The first kappa shape index (κ1) is 17.7. The fraction of sp³-hybridized carbons (Fsp3) is 0.588. The van der Waals surface area contributed by atoms with Gasteiger partial charge in [-0.05, 0) is 44.5 Å². The summed E-state index contributed by atoms with van der Waals surface area (Å²) in [5.41, 5.74) is -0.762. The van der Waals surface area contributed by atoms with E-state index in [4.69, 9.17) is 9.47 Å². The maximum Gasteiger partial charge on any atom is 0.252 e. The van der Waals surface area contributed by atoms with Crippen LogP contribution in [0.4, 0.5) is 4.39 Å². The zero-order valence-electron chi connectivity index (χ0n) is 13.7. The summed E-state index contributed by atoms with van der Waals surface area (Å²) >= 11 is 0. The molecule has 0 aliphatic carbocycles. The molecule has 1 saturated heterocycles. The Morgan fingerprint density at radius 1 is 1.43 bits per heavy atom. The van der Waals surface area contributed by atoms with Crippen molar-refractivity contribution in [3.8, 4) is 5.75 Å². The van der Waals surface area contributed by atoms with Gasteiger partial charge in [0, 0.05) is 13.2 Å². The second-order valence-corrected chi connectivity index (χ2v) is 5.76. The third-order valence-electron chi connectivity index (χ3n) is 4.26. The molecule has 6 heteroatoms. The molecule has 2 rings (SSSR count). The Bertz CT molecular complexity index is 518. The summed E-state index contributed by atoms with van der Waals surface area (Å²) in [4.78, 5) is 12.5. The number of methoxy groups -OCH3 is 1. The minimum atomic E-state index is -0.762. The van der Waals surface area contributed by atoms with E-state index < -0.39 is 5.60 Å². The molecule has 2 N–H and O–H groups in total. The topological polar surface area (TPSA) is 59.6 Å². The molecule has 1 fully saturated rings. The van der Waals surface area contributed by atoms with E-state index in [0.29, 0.717) is 31.6 Å². The Kier molecular flexibility index (Phi) is 6.36. The number of carbonyl (C=O) groups is 1. The molecule has 1 amide bonds. The monoisotopic (exact) mass is 324 g/mol. The number of piperidine rings is 1. The second-order valence-electron chi connectivity index (χ2n) is 5.76. The maximum absolute atomic E-state index is 13.2. The third kappa shape index (κ3) is 4.65. The summed E-state index contributed by atoms with van der Waals surface area (Å²) in [5.74, 6) is 0.0200. The van der Waals surface area contributed by atoms with Gasteiger partial charge in [0.15, 0.2) is 0 Å². The minimum Gasteiger partial charge on any atom is -0.489 e. The minimum absolute atomic E-state index is 0.109. The van der Waals surface area contributed by atoms with Gasteiger partial charge in [0.2, 0.25) is 0 Å². The zero-order chi connectivity index (χ0) is 16.7. The largest absolute Gasteiger partial charge is 0.489 e. The highest BCUT2D eigenvalue weighted by Gasteiger charge is 2.39. The molecule has 0 radical (unpaired) electrons. The number of hydrogen-bond acceptors (Lipinski definition) is 4. The molecule has 0 aromatic heterocycles.